The Morgan fingerprint density at radius 2 is 2.47 bits per heavy atom. The van der Waals surface area contributed by atoms with Crippen LogP contribution in [0.15, 0.2) is 41.6 Å². The summed E-state index contributed by atoms with van der Waals surface area (Å²) in [6, 6.07) is 4.05. The summed E-state index contributed by atoms with van der Waals surface area (Å²) < 4.78 is 13.0. The fourth-order valence-electron chi connectivity index (χ4n) is 1.89. The maximum atomic E-state index is 13.0. The zero-order chi connectivity index (χ0) is 12.3. The summed E-state index contributed by atoms with van der Waals surface area (Å²) in [6.45, 7) is 0. The van der Waals surface area contributed by atoms with Crippen molar-refractivity contribution >= 4 is 28.7 Å². The van der Waals surface area contributed by atoms with Crippen molar-refractivity contribution in [3.8, 4) is 0 Å². The van der Waals surface area contributed by atoms with E-state index in [-0.39, 0.29) is 10.9 Å². The van der Waals surface area contributed by atoms with Gasteiger partial charge in [-0.1, -0.05) is 12.1 Å². The van der Waals surface area contributed by atoms with Crippen molar-refractivity contribution in [2.24, 2.45) is 5.73 Å². The number of thiophene rings is 1. The van der Waals surface area contributed by atoms with E-state index in [0.717, 1.165) is 6.42 Å². The summed E-state index contributed by atoms with van der Waals surface area (Å²) >= 11 is 6.57. The van der Waals surface area contributed by atoms with Gasteiger partial charge in [-0.2, -0.15) is 0 Å². The molecule has 0 fully saturated rings. The van der Waals surface area contributed by atoms with Crippen LogP contribution in [0.5, 0.6) is 0 Å². The molecular weight excluding hydrogens is 255 g/mol. The minimum absolute atomic E-state index is 0.212. The lowest BCUT2D eigenvalue weighted by molar-refractivity contribution is 0.463. The fourth-order valence-corrected chi connectivity index (χ4v) is 2.93. The molecule has 3 N–H and O–H groups in total. The van der Waals surface area contributed by atoms with Gasteiger partial charge in [0.1, 0.15) is 5.83 Å². The van der Waals surface area contributed by atoms with Crippen LogP contribution in [-0.4, -0.2) is 10.7 Å². The summed E-state index contributed by atoms with van der Waals surface area (Å²) in [5, 5.41) is 5.33. The van der Waals surface area contributed by atoms with E-state index in [1.165, 1.54) is 11.0 Å². The van der Waals surface area contributed by atoms with Gasteiger partial charge < -0.3 is 11.1 Å². The van der Waals surface area contributed by atoms with Gasteiger partial charge in [0.25, 0.3) is 0 Å². The number of allylic oxidation sites excluding steroid dienone is 2. The Labute approximate surface area is 109 Å². The van der Waals surface area contributed by atoms with Crippen molar-refractivity contribution < 1.29 is 4.39 Å². The number of hydrogen-bond donors (Lipinski definition) is 2. The Morgan fingerprint density at radius 1 is 1.65 bits per heavy atom. The van der Waals surface area contributed by atoms with Crippen LogP contribution in [0.4, 0.5) is 4.39 Å². The van der Waals surface area contributed by atoms with E-state index in [0.29, 0.717) is 6.42 Å². The smallest absolute Gasteiger partial charge is 0.164 e. The molecule has 2 nitrogen and oxygen atoms in total. The molecular formula is C12H13FN2S2. The average Bonchev–Trinajstić information content (AvgIpc) is 2.74. The minimum Gasteiger partial charge on any atom is -0.376 e. The summed E-state index contributed by atoms with van der Waals surface area (Å²) in [6.07, 6.45) is 6.12. The Kier molecular flexibility index (Phi) is 3.59. The van der Waals surface area contributed by atoms with Crippen LogP contribution in [0.25, 0.3) is 0 Å². The molecule has 1 aromatic heterocycles. The van der Waals surface area contributed by atoms with Crippen molar-refractivity contribution in [3.63, 3.8) is 0 Å². The fraction of sp³-hybridized carbons (Fsp3) is 0.250. The van der Waals surface area contributed by atoms with Crippen molar-refractivity contribution in [2.75, 3.05) is 0 Å². The predicted molar refractivity (Wildman–Crippen MR) is 73.6 cm³/mol. The van der Waals surface area contributed by atoms with Crippen LogP contribution in [-0.2, 0) is 6.42 Å². The molecule has 1 aliphatic rings. The maximum absolute atomic E-state index is 13.0. The van der Waals surface area contributed by atoms with Gasteiger partial charge in [0, 0.05) is 11.3 Å². The Hall–Kier alpha value is -1.20. The summed E-state index contributed by atoms with van der Waals surface area (Å²) in [7, 11) is 0. The highest BCUT2D eigenvalue weighted by Gasteiger charge is 2.29. The minimum atomic E-state index is -0.397. The SMILES string of the molecule is NC(=S)NC1(Cc2cccs2)C=CC(F)=CC1. The van der Waals surface area contributed by atoms with E-state index < -0.39 is 5.54 Å². The molecule has 5 heteroatoms. The molecule has 0 spiro atoms. The molecule has 1 atom stereocenters. The van der Waals surface area contributed by atoms with E-state index in [1.54, 1.807) is 23.5 Å². The van der Waals surface area contributed by atoms with Crippen LogP contribution in [0, 0.1) is 0 Å². The molecule has 1 aromatic rings. The van der Waals surface area contributed by atoms with E-state index in [1.807, 2.05) is 11.4 Å². The summed E-state index contributed by atoms with van der Waals surface area (Å²) in [4.78, 5) is 1.22. The van der Waals surface area contributed by atoms with Crippen molar-refractivity contribution in [1.82, 2.24) is 5.32 Å². The van der Waals surface area contributed by atoms with Crippen LogP contribution in [0.3, 0.4) is 0 Å². The molecule has 2 rings (SSSR count). The number of rotatable bonds is 3. The van der Waals surface area contributed by atoms with Crippen molar-refractivity contribution in [2.45, 2.75) is 18.4 Å². The van der Waals surface area contributed by atoms with Crippen LogP contribution in [0.2, 0.25) is 0 Å². The first kappa shape index (κ1) is 12.3. The van der Waals surface area contributed by atoms with Gasteiger partial charge in [0.05, 0.1) is 5.54 Å². The normalized spacial score (nSPS) is 23.2. The molecule has 0 saturated heterocycles. The first-order valence-electron chi connectivity index (χ1n) is 5.25. The lowest BCUT2D eigenvalue weighted by atomic mass is 9.87. The van der Waals surface area contributed by atoms with Crippen LogP contribution < -0.4 is 11.1 Å². The number of nitrogens with two attached hydrogens (primary N) is 1. The van der Waals surface area contributed by atoms with E-state index >= 15 is 0 Å². The monoisotopic (exact) mass is 268 g/mol. The van der Waals surface area contributed by atoms with Gasteiger partial charge >= 0.3 is 0 Å². The molecule has 0 radical (unpaired) electrons. The highest BCUT2D eigenvalue weighted by molar-refractivity contribution is 7.80. The highest BCUT2D eigenvalue weighted by atomic mass is 32.1. The third kappa shape index (κ3) is 3.14. The molecule has 0 amide bonds. The third-order valence-electron chi connectivity index (χ3n) is 2.66. The Morgan fingerprint density at radius 3 is 3.00 bits per heavy atom. The largest absolute Gasteiger partial charge is 0.376 e. The van der Waals surface area contributed by atoms with E-state index in [2.05, 4.69) is 11.4 Å². The van der Waals surface area contributed by atoms with Crippen LogP contribution in [0.1, 0.15) is 11.3 Å². The lowest BCUT2D eigenvalue weighted by Crippen LogP contribution is -2.50. The molecule has 1 heterocycles. The van der Waals surface area contributed by atoms with Gasteiger partial charge in [-0.25, -0.2) is 4.39 Å². The number of hydrogen-bond acceptors (Lipinski definition) is 2. The first-order valence-corrected chi connectivity index (χ1v) is 6.53. The maximum Gasteiger partial charge on any atom is 0.164 e. The quantitative estimate of drug-likeness (QED) is 0.828. The van der Waals surface area contributed by atoms with Gasteiger partial charge in [-0.15, -0.1) is 11.3 Å². The third-order valence-corrected chi connectivity index (χ3v) is 3.64. The second-order valence-corrected chi connectivity index (χ2v) is 5.50. The van der Waals surface area contributed by atoms with Crippen molar-refractivity contribution in [3.05, 3.63) is 46.4 Å². The van der Waals surface area contributed by atoms with Gasteiger partial charge in [0.15, 0.2) is 5.11 Å². The lowest BCUT2D eigenvalue weighted by Gasteiger charge is -2.32. The molecule has 0 saturated carbocycles. The van der Waals surface area contributed by atoms with Crippen molar-refractivity contribution in [1.29, 1.82) is 0 Å². The average molecular weight is 268 g/mol. The molecule has 1 aliphatic carbocycles. The first-order chi connectivity index (χ1) is 8.10. The highest BCUT2D eigenvalue weighted by Crippen LogP contribution is 2.27. The standard InChI is InChI=1S/C12H13FN2S2/c13-9-3-5-12(6-4-9,15-11(14)16)8-10-2-1-7-17-10/h1-5,7H,6,8H2,(H3,14,15,16). The molecule has 90 valence electrons. The second-order valence-electron chi connectivity index (χ2n) is 4.03. The topological polar surface area (TPSA) is 38.0 Å². The summed E-state index contributed by atoms with van der Waals surface area (Å²) in [5.74, 6) is -0.212. The Balaban J connectivity index is 2.19. The Bertz CT molecular complexity index is 465. The zero-order valence-corrected chi connectivity index (χ0v) is 10.8. The van der Waals surface area contributed by atoms with E-state index in [4.69, 9.17) is 18.0 Å². The molecule has 0 aliphatic heterocycles. The number of nitrogens with one attached hydrogen (secondary N) is 1. The second kappa shape index (κ2) is 4.98. The van der Waals surface area contributed by atoms with Crippen LogP contribution >= 0.6 is 23.6 Å². The van der Waals surface area contributed by atoms with Gasteiger partial charge in [-0.3, -0.25) is 0 Å². The number of halogens is 1. The predicted octanol–water partition coefficient (Wildman–Crippen LogP) is 2.68. The van der Waals surface area contributed by atoms with Gasteiger partial charge in [-0.05, 0) is 42.2 Å². The summed E-state index contributed by atoms with van der Waals surface area (Å²) in [5.41, 5.74) is 5.15. The molecule has 0 aromatic carbocycles. The van der Waals surface area contributed by atoms with Gasteiger partial charge in [0.2, 0.25) is 0 Å². The number of thiocarbonyl (C=S) groups is 1. The zero-order valence-electron chi connectivity index (χ0n) is 9.15. The van der Waals surface area contributed by atoms with E-state index in [9.17, 15) is 4.39 Å². The molecule has 0 bridgehead atoms. The molecule has 1 unspecified atom stereocenters. The molecule has 17 heavy (non-hydrogen) atoms.